The first-order valence-corrected chi connectivity index (χ1v) is 4.80. The van der Waals surface area contributed by atoms with Gasteiger partial charge in [0.2, 0.25) is 5.95 Å². The largest absolute Gasteiger partial charge is 0.346 e. The second-order valence-corrected chi connectivity index (χ2v) is 4.44. The molecule has 2 N–H and O–H groups in total. The third kappa shape index (κ3) is 1.98. The molecule has 0 spiro atoms. The molecule has 0 radical (unpaired) electrons. The van der Waals surface area contributed by atoms with Gasteiger partial charge in [-0.1, -0.05) is 13.8 Å². The Bertz CT molecular complexity index is 440. The summed E-state index contributed by atoms with van der Waals surface area (Å²) in [6, 6.07) is 0. The maximum atomic E-state index is 12.8. The summed E-state index contributed by atoms with van der Waals surface area (Å²) in [4.78, 5) is 13.4. The number of hydrogen-bond donors (Lipinski definition) is 1. The van der Waals surface area contributed by atoms with Gasteiger partial charge in [0, 0.05) is 19.5 Å². The van der Waals surface area contributed by atoms with E-state index < -0.39 is 17.6 Å². The van der Waals surface area contributed by atoms with Crippen LogP contribution in [0.3, 0.4) is 0 Å². The molecular formula is C9H16FN5O. The van der Waals surface area contributed by atoms with Gasteiger partial charge in [-0.3, -0.25) is 9.18 Å². The Morgan fingerprint density at radius 1 is 1.44 bits per heavy atom. The summed E-state index contributed by atoms with van der Waals surface area (Å²) < 4.78 is 13.6. The minimum Gasteiger partial charge on any atom is -0.346 e. The molecule has 0 aliphatic rings. The van der Waals surface area contributed by atoms with E-state index in [1.54, 1.807) is 32.8 Å². The first kappa shape index (κ1) is 12.4. The van der Waals surface area contributed by atoms with Crippen molar-refractivity contribution in [2.24, 2.45) is 0 Å². The molecule has 0 bridgehead atoms. The van der Waals surface area contributed by atoms with Gasteiger partial charge in [-0.2, -0.15) is 4.68 Å². The van der Waals surface area contributed by atoms with Crippen LogP contribution in [-0.4, -0.2) is 35.6 Å². The van der Waals surface area contributed by atoms with E-state index in [-0.39, 0.29) is 11.6 Å². The molecular weight excluding hydrogens is 213 g/mol. The van der Waals surface area contributed by atoms with E-state index in [0.717, 1.165) is 4.68 Å². The van der Waals surface area contributed by atoms with Crippen LogP contribution in [0.4, 0.5) is 10.3 Å². The lowest BCUT2D eigenvalue weighted by atomic mass is 9.91. The smallest absolute Gasteiger partial charge is 0.296 e. The second-order valence-electron chi connectivity index (χ2n) is 4.44. The molecule has 0 amide bonds. The van der Waals surface area contributed by atoms with E-state index in [9.17, 15) is 9.18 Å². The molecule has 1 aromatic heterocycles. The van der Waals surface area contributed by atoms with Crippen molar-refractivity contribution in [1.82, 2.24) is 14.9 Å². The van der Waals surface area contributed by atoms with Crippen molar-refractivity contribution in [2.75, 3.05) is 31.5 Å². The van der Waals surface area contributed by atoms with Crippen molar-refractivity contribution in [3.63, 3.8) is 0 Å². The van der Waals surface area contributed by atoms with Gasteiger partial charge in [0.25, 0.3) is 5.56 Å². The minimum atomic E-state index is -0.976. The number of rotatable bonds is 3. The molecule has 0 aromatic carbocycles. The van der Waals surface area contributed by atoms with Crippen LogP contribution in [-0.2, 0) is 5.41 Å². The van der Waals surface area contributed by atoms with Crippen LogP contribution in [0, 0.1) is 0 Å². The minimum absolute atomic E-state index is 0.0306. The molecule has 0 fully saturated rings. The summed E-state index contributed by atoms with van der Waals surface area (Å²) >= 11 is 0. The van der Waals surface area contributed by atoms with Gasteiger partial charge >= 0.3 is 0 Å². The van der Waals surface area contributed by atoms with Gasteiger partial charge in [-0.25, -0.2) is 0 Å². The van der Waals surface area contributed by atoms with Crippen molar-refractivity contribution in [2.45, 2.75) is 19.3 Å². The highest BCUT2D eigenvalue weighted by Crippen LogP contribution is 2.18. The van der Waals surface area contributed by atoms with Crippen LogP contribution in [0.15, 0.2) is 4.79 Å². The predicted octanol–water partition coefficient (Wildman–Crippen LogP) is -0.335. The van der Waals surface area contributed by atoms with E-state index >= 15 is 0 Å². The average molecular weight is 229 g/mol. The Kier molecular flexibility index (Phi) is 3.16. The molecule has 0 atom stereocenters. The summed E-state index contributed by atoms with van der Waals surface area (Å²) in [5, 5.41) is 7.56. The van der Waals surface area contributed by atoms with Crippen molar-refractivity contribution >= 4 is 5.95 Å². The third-order valence-electron chi connectivity index (χ3n) is 2.25. The molecule has 1 heterocycles. The van der Waals surface area contributed by atoms with Crippen LogP contribution >= 0.6 is 0 Å². The fraction of sp³-hybridized carbons (Fsp3) is 0.667. The SMILES string of the molecule is CN(C)c1nnc(C(C)(C)CF)c(=O)n1N. The highest BCUT2D eigenvalue weighted by atomic mass is 19.1. The fourth-order valence-electron chi connectivity index (χ4n) is 1.18. The summed E-state index contributed by atoms with van der Waals surface area (Å²) in [6.07, 6.45) is 0. The van der Waals surface area contributed by atoms with E-state index in [0.29, 0.717) is 0 Å². The molecule has 90 valence electrons. The van der Waals surface area contributed by atoms with E-state index in [1.165, 1.54) is 0 Å². The van der Waals surface area contributed by atoms with Crippen LogP contribution in [0.25, 0.3) is 0 Å². The Labute approximate surface area is 92.9 Å². The lowest BCUT2D eigenvalue weighted by Crippen LogP contribution is -2.41. The maximum absolute atomic E-state index is 12.8. The molecule has 1 aromatic rings. The Morgan fingerprint density at radius 3 is 2.44 bits per heavy atom. The van der Waals surface area contributed by atoms with Gasteiger partial charge in [-0.05, 0) is 0 Å². The summed E-state index contributed by atoms with van der Waals surface area (Å²) in [7, 11) is 3.37. The van der Waals surface area contributed by atoms with Crippen molar-refractivity contribution in [3.05, 3.63) is 16.0 Å². The van der Waals surface area contributed by atoms with Gasteiger partial charge in [0.15, 0.2) is 0 Å². The summed E-state index contributed by atoms with van der Waals surface area (Å²) in [5.74, 6) is 5.80. The standard InChI is InChI=1S/C9H16FN5O/c1-9(2,5-10)6-7(16)15(11)8(13-12-6)14(3)4/h5,11H2,1-4H3. The van der Waals surface area contributed by atoms with Crippen molar-refractivity contribution in [3.8, 4) is 0 Å². The highest BCUT2D eigenvalue weighted by molar-refractivity contribution is 5.28. The zero-order valence-corrected chi connectivity index (χ0v) is 9.86. The lowest BCUT2D eigenvalue weighted by molar-refractivity contribution is 0.337. The zero-order chi connectivity index (χ0) is 12.5. The topological polar surface area (TPSA) is 77.0 Å². The number of aromatic nitrogens is 3. The van der Waals surface area contributed by atoms with Gasteiger partial charge < -0.3 is 10.7 Å². The Morgan fingerprint density at radius 2 is 2.00 bits per heavy atom. The molecule has 0 aliphatic carbocycles. The first-order valence-electron chi connectivity index (χ1n) is 4.80. The quantitative estimate of drug-likeness (QED) is 0.718. The molecule has 7 heteroatoms. The maximum Gasteiger partial charge on any atom is 0.296 e. The number of halogens is 1. The zero-order valence-electron chi connectivity index (χ0n) is 9.86. The second kappa shape index (κ2) is 4.07. The Hall–Kier alpha value is -1.66. The lowest BCUT2D eigenvalue weighted by Gasteiger charge is -2.20. The first-order chi connectivity index (χ1) is 7.31. The predicted molar refractivity (Wildman–Crippen MR) is 59.8 cm³/mol. The number of nitrogen functional groups attached to an aromatic ring is 1. The average Bonchev–Trinajstić information content (AvgIpc) is 2.21. The molecule has 1 rings (SSSR count). The third-order valence-corrected chi connectivity index (χ3v) is 2.25. The van der Waals surface area contributed by atoms with Crippen LogP contribution in [0.1, 0.15) is 19.5 Å². The summed E-state index contributed by atoms with van der Waals surface area (Å²) in [5.41, 5.74) is -1.47. The molecule has 0 aliphatic heterocycles. The normalized spacial score (nSPS) is 11.6. The Balaban J connectivity index is 3.39. The van der Waals surface area contributed by atoms with Gasteiger partial charge in [0.05, 0.1) is 0 Å². The molecule has 0 saturated carbocycles. The van der Waals surface area contributed by atoms with Crippen LogP contribution < -0.4 is 16.3 Å². The van der Waals surface area contributed by atoms with Crippen LogP contribution in [0.2, 0.25) is 0 Å². The van der Waals surface area contributed by atoms with E-state index in [1.807, 2.05) is 0 Å². The number of anilines is 1. The fourth-order valence-corrected chi connectivity index (χ4v) is 1.18. The molecule has 0 unspecified atom stereocenters. The number of alkyl halides is 1. The number of nitrogens with two attached hydrogens (primary N) is 1. The van der Waals surface area contributed by atoms with Gasteiger partial charge in [-0.15, -0.1) is 10.2 Å². The molecule has 16 heavy (non-hydrogen) atoms. The van der Waals surface area contributed by atoms with E-state index in [2.05, 4.69) is 10.2 Å². The molecule has 6 nitrogen and oxygen atoms in total. The number of hydrogen-bond acceptors (Lipinski definition) is 5. The van der Waals surface area contributed by atoms with Gasteiger partial charge in [0.1, 0.15) is 12.4 Å². The van der Waals surface area contributed by atoms with Crippen molar-refractivity contribution < 1.29 is 4.39 Å². The highest BCUT2D eigenvalue weighted by Gasteiger charge is 2.28. The van der Waals surface area contributed by atoms with Crippen LogP contribution in [0.5, 0.6) is 0 Å². The monoisotopic (exact) mass is 229 g/mol. The number of nitrogens with zero attached hydrogens (tertiary/aromatic N) is 4. The summed E-state index contributed by atoms with van der Waals surface area (Å²) in [6.45, 7) is 2.46. The molecule has 0 saturated heterocycles. The van der Waals surface area contributed by atoms with Crippen molar-refractivity contribution in [1.29, 1.82) is 0 Å². The van der Waals surface area contributed by atoms with E-state index in [4.69, 9.17) is 5.84 Å².